The minimum absolute atomic E-state index is 0.0305. The number of halogens is 1. The Hall–Kier alpha value is -2.56. The molecule has 0 aromatic heterocycles. The number of benzene rings is 2. The highest BCUT2D eigenvalue weighted by Gasteiger charge is 2.16. The lowest BCUT2D eigenvalue weighted by Gasteiger charge is -2.18. The summed E-state index contributed by atoms with van der Waals surface area (Å²) in [5.74, 6) is 0.771. The highest BCUT2D eigenvalue weighted by atomic mass is 19.1. The molecule has 1 heterocycles. The summed E-state index contributed by atoms with van der Waals surface area (Å²) in [6.45, 7) is 0.358. The second-order valence-electron chi connectivity index (χ2n) is 4.41. The zero-order chi connectivity index (χ0) is 13.9. The van der Waals surface area contributed by atoms with Gasteiger partial charge in [-0.2, -0.15) is 0 Å². The Labute approximate surface area is 115 Å². The highest BCUT2D eigenvalue weighted by Crippen LogP contribution is 2.31. The van der Waals surface area contributed by atoms with E-state index in [-0.39, 0.29) is 18.3 Å². The standard InChI is InChI=1S/C15H12FNO3/c16-11-3-1-10(2-4-11)8-19-12-5-6-14-13(7-12)17-15(18)9-20-14/h1-7H,8-9H2,(H,17,18). The number of hydrogen-bond acceptors (Lipinski definition) is 3. The van der Waals surface area contributed by atoms with Crippen LogP contribution in [0.15, 0.2) is 42.5 Å². The third-order valence-corrected chi connectivity index (χ3v) is 2.90. The molecule has 0 bridgehead atoms. The fourth-order valence-electron chi connectivity index (χ4n) is 1.90. The summed E-state index contributed by atoms with van der Waals surface area (Å²) in [4.78, 5) is 11.2. The van der Waals surface area contributed by atoms with Gasteiger partial charge >= 0.3 is 0 Å². The Morgan fingerprint density at radius 1 is 1.20 bits per heavy atom. The largest absolute Gasteiger partial charge is 0.489 e. The van der Waals surface area contributed by atoms with E-state index >= 15 is 0 Å². The average molecular weight is 273 g/mol. The van der Waals surface area contributed by atoms with Gasteiger partial charge in [0.2, 0.25) is 0 Å². The summed E-state index contributed by atoms with van der Waals surface area (Å²) < 4.78 is 23.6. The molecule has 0 unspecified atom stereocenters. The zero-order valence-corrected chi connectivity index (χ0v) is 10.6. The number of amides is 1. The molecule has 2 aromatic rings. The van der Waals surface area contributed by atoms with Crippen molar-refractivity contribution in [3.63, 3.8) is 0 Å². The molecular weight excluding hydrogens is 261 g/mol. The summed E-state index contributed by atoms with van der Waals surface area (Å²) in [6, 6.07) is 11.3. The van der Waals surface area contributed by atoms with Gasteiger partial charge in [-0.05, 0) is 29.8 Å². The van der Waals surface area contributed by atoms with Crippen molar-refractivity contribution < 1.29 is 18.7 Å². The fourth-order valence-corrected chi connectivity index (χ4v) is 1.90. The SMILES string of the molecule is O=C1COc2ccc(OCc3ccc(F)cc3)cc2N1. The summed E-state index contributed by atoms with van der Waals surface area (Å²) in [7, 11) is 0. The number of hydrogen-bond donors (Lipinski definition) is 1. The molecule has 0 radical (unpaired) electrons. The van der Waals surface area contributed by atoms with E-state index in [1.807, 2.05) is 0 Å². The first kappa shape index (κ1) is 12.5. The van der Waals surface area contributed by atoms with Crippen LogP contribution in [0.4, 0.5) is 10.1 Å². The molecule has 1 aliphatic heterocycles. The first-order valence-corrected chi connectivity index (χ1v) is 6.15. The lowest BCUT2D eigenvalue weighted by Crippen LogP contribution is -2.25. The van der Waals surface area contributed by atoms with Crippen LogP contribution in [0.25, 0.3) is 0 Å². The van der Waals surface area contributed by atoms with Gasteiger partial charge in [-0.3, -0.25) is 4.79 Å². The van der Waals surface area contributed by atoms with Crippen molar-refractivity contribution in [2.75, 3.05) is 11.9 Å². The Kier molecular flexibility index (Phi) is 3.25. The maximum Gasteiger partial charge on any atom is 0.262 e. The molecule has 0 aliphatic carbocycles. The van der Waals surface area contributed by atoms with Crippen molar-refractivity contribution in [3.05, 3.63) is 53.8 Å². The van der Waals surface area contributed by atoms with Gasteiger partial charge in [-0.25, -0.2) is 4.39 Å². The zero-order valence-electron chi connectivity index (χ0n) is 10.6. The summed E-state index contributed by atoms with van der Waals surface area (Å²) in [6.07, 6.45) is 0. The van der Waals surface area contributed by atoms with Crippen molar-refractivity contribution in [2.45, 2.75) is 6.61 Å². The van der Waals surface area contributed by atoms with Gasteiger partial charge in [0.05, 0.1) is 5.69 Å². The summed E-state index contributed by atoms with van der Waals surface area (Å²) in [5, 5.41) is 2.71. The third kappa shape index (κ3) is 2.71. The van der Waals surface area contributed by atoms with Crippen LogP contribution in [-0.4, -0.2) is 12.5 Å². The second kappa shape index (κ2) is 5.21. The maximum atomic E-state index is 12.8. The van der Waals surface area contributed by atoms with Crippen LogP contribution >= 0.6 is 0 Å². The van der Waals surface area contributed by atoms with E-state index in [0.717, 1.165) is 5.56 Å². The van der Waals surface area contributed by atoms with Crippen LogP contribution < -0.4 is 14.8 Å². The maximum absolute atomic E-state index is 12.8. The van der Waals surface area contributed by atoms with E-state index in [1.165, 1.54) is 12.1 Å². The Bertz CT molecular complexity index is 640. The van der Waals surface area contributed by atoms with Crippen molar-refractivity contribution >= 4 is 11.6 Å². The summed E-state index contributed by atoms with van der Waals surface area (Å²) >= 11 is 0. The topological polar surface area (TPSA) is 47.6 Å². The average Bonchev–Trinajstić information content (AvgIpc) is 2.46. The number of anilines is 1. The molecule has 0 spiro atoms. The predicted octanol–water partition coefficient (Wildman–Crippen LogP) is 2.74. The molecule has 1 N–H and O–H groups in total. The lowest BCUT2D eigenvalue weighted by atomic mass is 10.2. The normalized spacial score (nSPS) is 13.2. The molecular formula is C15H12FNO3. The predicted molar refractivity (Wildman–Crippen MR) is 71.3 cm³/mol. The van der Waals surface area contributed by atoms with E-state index in [4.69, 9.17) is 9.47 Å². The van der Waals surface area contributed by atoms with Crippen LogP contribution in [0, 0.1) is 5.82 Å². The van der Waals surface area contributed by atoms with E-state index in [0.29, 0.717) is 23.8 Å². The van der Waals surface area contributed by atoms with E-state index in [9.17, 15) is 9.18 Å². The van der Waals surface area contributed by atoms with Crippen molar-refractivity contribution in [1.29, 1.82) is 0 Å². The van der Waals surface area contributed by atoms with Gasteiger partial charge in [-0.1, -0.05) is 12.1 Å². The second-order valence-corrected chi connectivity index (χ2v) is 4.41. The van der Waals surface area contributed by atoms with Gasteiger partial charge in [0.25, 0.3) is 5.91 Å². The lowest BCUT2D eigenvalue weighted by molar-refractivity contribution is -0.118. The van der Waals surface area contributed by atoms with Crippen LogP contribution in [-0.2, 0) is 11.4 Å². The van der Waals surface area contributed by atoms with Crippen LogP contribution in [0.5, 0.6) is 11.5 Å². The minimum atomic E-state index is -0.276. The molecule has 0 saturated heterocycles. The van der Waals surface area contributed by atoms with Crippen LogP contribution in [0.3, 0.4) is 0 Å². The molecule has 0 fully saturated rings. The van der Waals surface area contributed by atoms with Gasteiger partial charge in [0.1, 0.15) is 23.9 Å². The molecule has 1 amide bonds. The molecule has 0 saturated carbocycles. The smallest absolute Gasteiger partial charge is 0.262 e. The third-order valence-electron chi connectivity index (χ3n) is 2.90. The number of rotatable bonds is 3. The molecule has 4 nitrogen and oxygen atoms in total. The van der Waals surface area contributed by atoms with Crippen molar-refractivity contribution in [1.82, 2.24) is 0 Å². The summed E-state index contributed by atoms with van der Waals surface area (Å²) in [5.41, 5.74) is 1.46. The monoisotopic (exact) mass is 273 g/mol. The quantitative estimate of drug-likeness (QED) is 0.935. The van der Waals surface area contributed by atoms with Gasteiger partial charge in [0.15, 0.2) is 6.61 Å². The van der Waals surface area contributed by atoms with Crippen molar-refractivity contribution in [3.8, 4) is 11.5 Å². The van der Waals surface area contributed by atoms with Gasteiger partial charge in [0, 0.05) is 6.07 Å². The van der Waals surface area contributed by atoms with Crippen LogP contribution in [0.1, 0.15) is 5.56 Å². The van der Waals surface area contributed by atoms with Crippen molar-refractivity contribution in [2.24, 2.45) is 0 Å². The van der Waals surface area contributed by atoms with E-state index < -0.39 is 0 Å². The fraction of sp³-hybridized carbons (Fsp3) is 0.133. The molecule has 20 heavy (non-hydrogen) atoms. The highest BCUT2D eigenvalue weighted by molar-refractivity contribution is 5.95. The molecule has 3 rings (SSSR count). The number of carbonyl (C=O) groups excluding carboxylic acids is 1. The van der Waals surface area contributed by atoms with E-state index in [1.54, 1.807) is 30.3 Å². The van der Waals surface area contributed by atoms with Gasteiger partial charge < -0.3 is 14.8 Å². The van der Waals surface area contributed by atoms with Gasteiger partial charge in [-0.15, -0.1) is 0 Å². The molecule has 1 aliphatic rings. The number of fused-ring (bicyclic) bond motifs is 1. The first-order chi connectivity index (χ1) is 9.70. The number of carbonyl (C=O) groups is 1. The molecule has 0 atom stereocenters. The minimum Gasteiger partial charge on any atom is -0.489 e. The first-order valence-electron chi connectivity index (χ1n) is 6.15. The van der Waals surface area contributed by atoms with E-state index in [2.05, 4.69) is 5.32 Å². The van der Waals surface area contributed by atoms with Crippen LogP contribution in [0.2, 0.25) is 0 Å². The molecule has 2 aromatic carbocycles. The molecule has 102 valence electrons. The number of nitrogens with one attached hydrogen (secondary N) is 1. The Morgan fingerprint density at radius 2 is 2.00 bits per heavy atom. The number of ether oxygens (including phenoxy) is 2. The Morgan fingerprint density at radius 3 is 2.80 bits per heavy atom. The Balaban J connectivity index is 1.70. The molecule has 5 heteroatoms.